The van der Waals surface area contributed by atoms with Gasteiger partial charge in [0.1, 0.15) is 0 Å². The van der Waals surface area contributed by atoms with Crippen molar-refractivity contribution in [2.24, 2.45) is 13.0 Å². The molecule has 4 rings (SSSR count). The van der Waals surface area contributed by atoms with E-state index in [1.54, 1.807) is 11.3 Å². The summed E-state index contributed by atoms with van der Waals surface area (Å²) in [4.78, 5) is 0. The van der Waals surface area contributed by atoms with Crippen LogP contribution in [0, 0.1) is 5.92 Å². The van der Waals surface area contributed by atoms with E-state index in [-0.39, 0.29) is 0 Å². The van der Waals surface area contributed by atoms with Gasteiger partial charge >= 0.3 is 0 Å². The van der Waals surface area contributed by atoms with Crippen molar-refractivity contribution in [3.8, 4) is 0 Å². The minimum atomic E-state index is 0.658. The van der Waals surface area contributed by atoms with Crippen LogP contribution in [0.4, 0.5) is 0 Å². The fourth-order valence-corrected chi connectivity index (χ4v) is 4.23. The van der Waals surface area contributed by atoms with Crippen LogP contribution < -0.4 is 0 Å². The van der Waals surface area contributed by atoms with Gasteiger partial charge in [-0.2, -0.15) is 0 Å². The first kappa shape index (κ1) is 10.4. The smallest absolute Gasteiger partial charge is 0.0483 e. The number of aryl methyl sites for hydroxylation is 1. The van der Waals surface area contributed by atoms with E-state index in [1.165, 1.54) is 23.7 Å². The summed E-state index contributed by atoms with van der Waals surface area (Å²) in [6, 6.07) is 8.90. The van der Waals surface area contributed by atoms with E-state index in [9.17, 15) is 0 Å². The summed E-state index contributed by atoms with van der Waals surface area (Å²) in [6.07, 6.45) is 7.49. The van der Waals surface area contributed by atoms with Crippen LogP contribution in [-0.4, -0.2) is 4.57 Å². The third-order valence-corrected chi connectivity index (χ3v) is 4.99. The fourth-order valence-electron chi connectivity index (χ4n) is 4.23. The largest absolute Gasteiger partial charge is 0.347 e. The Balaban J connectivity index is 2.11. The molecule has 0 spiro atoms. The monoisotopic (exact) mass is 237 g/mol. The van der Waals surface area contributed by atoms with Crippen LogP contribution in [0.25, 0.3) is 10.9 Å². The molecule has 0 fully saturated rings. The fraction of sp³-hybridized carbons (Fsp3) is 0.412. The van der Waals surface area contributed by atoms with Crippen molar-refractivity contribution >= 4 is 10.9 Å². The predicted molar refractivity (Wildman–Crippen MR) is 75.9 cm³/mol. The summed E-state index contributed by atoms with van der Waals surface area (Å²) in [5, 5.41) is 1.49. The van der Waals surface area contributed by atoms with Gasteiger partial charge < -0.3 is 4.57 Å². The van der Waals surface area contributed by atoms with Crippen LogP contribution in [0.15, 0.2) is 36.4 Å². The highest BCUT2D eigenvalue weighted by atomic mass is 15.0. The number of fused-ring (bicyclic) bond motifs is 6. The number of hydrogen-bond donors (Lipinski definition) is 0. The summed E-state index contributed by atoms with van der Waals surface area (Å²) in [6.45, 7) is 2.34. The maximum Gasteiger partial charge on any atom is 0.0483 e. The van der Waals surface area contributed by atoms with Crippen LogP contribution in [0.5, 0.6) is 0 Å². The van der Waals surface area contributed by atoms with Gasteiger partial charge in [-0.3, -0.25) is 0 Å². The summed E-state index contributed by atoms with van der Waals surface area (Å²) in [7, 11) is 2.24. The highest BCUT2D eigenvalue weighted by Gasteiger charge is 2.38. The topological polar surface area (TPSA) is 4.93 Å². The van der Waals surface area contributed by atoms with Crippen molar-refractivity contribution in [2.45, 2.75) is 31.6 Å². The van der Waals surface area contributed by atoms with E-state index in [4.69, 9.17) is 0 Å². The number of nitrogens with zero attached hydrogens (tertiary/aromatic N) is 1. The van der Waals surface area contributed by atoms with E-state index in [1.807, 2.05) is 0 Å². The van der Waals surface area contributed by atoms with E-state index in [0.717, 1.165) is 11.8 Å². The molecular weight excluding hydrogens is 218 g/mol. The molecule has 3 atom stereocenters. The quantitative estimate of drug-likeness (QED) is 0.650. The van der Waals surface area contributed by atoms with Gasteiger partial charge in [-0.25, -0.2) is 0 Å². The van der Waals surface area contributed by atoms with Gasteiger partial charge in [-0.05, 0) is 36.3 Å². The highest BCUT2D eigenvalue weighted by molar-refractivity contribution is 5.87. The molecule has 2 bridgehead atoms. The van der Waals surface area contributed by atoms with Crippen LogP contribution in [0.1, 0.15) is 42.9 Å². The van der Waals surface area contributed by atoms with E-state index >= 15 is 0 Å². The third-order valence-electron chi connectivity index (χ3n) is 4.99. The van der Waals surface area contributed by atoms with Gasteiger partial charge in [-0.15, -0.1) is 0 Å². The summed E-state index contributed by atoms with van der Waals surface area (Å²) in [5.74, 6) is 2.16. The molecule has 1 heterocycles. The average Bonchev–Trinajstić information content (AvgIpc) is 2.94. The second-order valence-electron chi connectivity index (χ2n) is 5.78. The number of benzene rings is 1. The Morgan fingerprint density at radius 2 is 2.06 bits per heavy atom. The third kappa shape index (κ3) is 1.12. The first-order chi connectivity index (χ1) is 8.81. The standard InChI is InChI=1S/C17H19N/c1-3-13-11-8-9-12(10-11)17-16(13)14-6-4-5-7-15(14)18(17)2/h4-9,11-13H,3,10H2,1-2H3. The molecule has 2 aromatic rings. The Kier molecular flexibility index (Phi) is 2.03. The molecule has 1 heteroatoms. The number of hydrogen-bond acceptors (Lipinski definition) is 0. The van der Waals surface area contributed by atoms with Gasteiger partial charge in [0.05, 0.1) is 0 Å². The Morgan fingerprint density at radius 3 is 2.89 bits per heavy atom. The molecule has 2 aliphatic rings. The first-order valence-corrected chi connectivity index (χ1v) is 7.06. The Hall–Kier alpha value is -1.50. The SMILES string of the molecule is CCC1c2c(n(C)c3ccccc23)C2C=CC1C2. The lowest BCUT2D eigenvalue weighted by Crippen LogP contribution is -2.18. The molecule has 0 N–H and O–H groups in total. The zero-order valence-corrected chi connectivity index (χ0v) is 11.1. The average molecular weight is 237 g/mol. The zero-order chi connectivity index (χ0) is 12.3. The number of para-hydroxylation sites is 1. The van der Waals surface area contributed by atoms with Gasteiger partial charge in [0.15, 0.2) is 0 Å². The molecule has 1 aromatic heterocycles. The molecule has 0 radical (unpaired) electrons. The molecule has 2 aliphatic carbocycles. The highest BCUT2D eigenvalue weighted by Crippen LogP contribution is 2.52. The molecule has 0 saturated carbocycles. The van der Waals surface area contributed by atoms with Gasteiger partial charge in [-0.1, -0.05) is 37.3 Å². The van der Waals surface area contributed by atoms with Crippen molar-refractivity contribution in [3.05, 3.63) is 47.7 Å². The van der Waals surface area contributed by atoms with Crippen molar-refractivity contribution in [1.29, 1.82) is 0 Å². The molecule has 92 valence electrons. The molecule has 0 amide bonds. The van der Waals surface area contributed by atoms with E-state index in [0.29, 0.717) is 5.92 Å². The minimum absolute atomic E-state index is 0.658. The second-order valence-corrected chi connectivity index (χ2v) is 5.78. The number of aromatic nitrogens is 1. The zero-order valence-electron chi connectivity index (χ0n) is 11.1. The van der Waals surface area contributed by atoms with Gasteiger partial charge in [0.2, 0.25) is 0 Å². The molecule has 18 heavy (non-hydrogen) atoms. The minimum Gasteiger partial charge on any atom is -0.347 e. The van der Waals surface area contributed by atoms with E-state index in [2.05, 4.69) is 55.0 Å². The van der Waals surface area contributed by atoms with Crippen molar-refractivity contribution < 1.29 is 0 Å². The Morgan fingerprint density at radius 1 is 1.22 bits per heavy atom. The van der Waals surface area contributed by atoms with E-state index < -0.39 is 0 Å². The van der Waals surface area contributed by atoms with Crippen molar-refractivity contribution in [1.82, 2.24) is 4.57 Å². The van der Waals surface area contributed by atoms with Crippen molar-refractivity contribution in [3.63, 3.8) is 0 Å². The van der Waals surface area contributed by atoms with Crippen LogP contribution >= 0.6 is 0 Å². The molecule has 1 aromatic carbocycles. The lowest BCUT2D eigenvalue weighted by molar-refractivity contribution is 0.433. The van der Waals surface area contributed by atoms with Crippen LogP contribution in [0.2, 0.25) is 0 Å². The maximum atomic E-state index is 2.47. The predicted octanol–water partition coefficient (Wildman–Crippen LogP) is 4.35. The van der Waals surface area contributed by atoms with Crippen LogP contribution in [-0.2, 0) is 7.05 Å². The number of allylic oxidation sites excluding steroid dienone is 2. The summed E-state index contributed by atoms with van der Waals surface area (Å²) < 4.78 is 2.43. The lowest BCUT2D eigenvalue weighted by Gasteiger charge is -2.30. The maximum absolute atomic E-state index is 2.47. The molecule has 1 nitrogen and oxygen atoms in total. The van der Waals surface area contributed by atoms with Crippen LogP contribution in [0.3, 0.4) is 0 Å². The summed E-state index contributed by atoms with van der Waals surface area (Å²) >= 11 is 0. The Labute approximate surface area is 108 Å². The summed E-state index contributed by atoms with van der Waals surface area (Å²) in [5.41, 5.74) is 4.62. The molecule has 3 unspecified atom stereocenters. The number of rotatable bonds is 1. The van der Waals surface area contributed by atoms with Crippen molar-refractivity contribution in [2.75, 3.05) is 0 Å². The lowest BCUT2D eigenvalue weighted by atomic mass is 9.75. The first-order valence-electron chi connectivity index (χ1n) is 7.06. The Bertz CT molecular complexity index is 647. The second kappa shape index (κ2) is 3.50. The van der Waals surface area contributed by atoms with Gasteiger partial charge in [0, 0.05) is 29.6 Å². The molecule has 0 aliphatic heterocycles. The normalized spacial score (nSPS) is 28.9. The molecule has 0 saturated heterocycles. The molecular formula is C17H19N. The van der Waals surface area contributed by atoms with Gasteiger partial charge in [0.25, 0.3) is 0 Å².